The number of imidazole rings is 1. The molecule has 1 aromatic heterocycles. The number of carbonyl (C=O) groups excluding carboxylic acids is 1. The van der Waals surface area contributed by atoms with Crippen molar-refractivity contribution >= 4 is 23.4 Å². The molecule has 1 amide bonds. The lowest BCUT2D eigenvalue weighted by Gasteiger charge is -2.10. The highest BCUT2D eigenvalue weighted by atomic mass is 32.2. The third-order valence-corrected chi connectivity index (χ3v) is 6.38. The van der Waals surface area contributed by atoms with Gasteiger partial charge in [-0.1, -0.05) is 23.9 Å². The van der Waals surface area contributed by atoms with Crippen LogP contribution in [0.3, 0.4) is 0 Å². The summed E-state index contributed by atoms with van der Waals surface area (Å²) in [4.78, 5) is 21.0. The van der Waals surface area contributed by atoms with Crippen LogP contribution in [0.4, 0.5) is 5.69 Å². The van der Waals surface area contributed by atoms with Crippen LogP contribution in [-0.2, 0) is 4.79 Å². The predicted octanol–water partition coefficient (Wildman–Crippen LogP) is 5.51. The zero-order valence-electron chi connectivity index (χ0n) is 20.5. The van der Waals surface area contributed by atoms with E-state index in [9.17, 15) is 4.79 Å². The number of hydrogen-bond donors (Lipinski definition) is 2. The van der Waals surface area contributed by atoms with Crippen molar-refractivity contribution in [1.29, 1.82) is 0 Å². The van der Waals surface area contributed by atoms with E-state index in [1.54, 1.807) is 46.6 Å². The van der Waals surface area contributed by atoms with Gasteiger partial charge >= 0.3 is 0 Å². The number of ether oxygens (including phenoxy) is 4. The molecule has 0 aliphatic rings. The van der Waals surface area contributed by atoms with Gasteiger partial charge in [0.25, 0.3) is 0 Å². The minimum Gasteiger partial charge on any atom is -0.497 e. The molecule has 0 atom stereocenters. The molecule has 0 aliphatic carbocycles. The average molecular weight is 506 g/mol. The topological polar surface area (TPSA) is 94.7 Å². The number of nitrogens with zero attached hydrogens (tertiary/aromatic N) is 1. The van der Waals surface area contributed by atoms with Gasteiger partial charge in [0.15, 0.2) is 11.5 Å². The Bertz CT molecular complexity index is 1340. The maximum Gasteiger partial charge on any atom is 0.234 e. The molecule has 0 fully saturated rings. The van der Waals surface area contributed by atoms with Crippen molar-refractivity contribution in [3.05, 3.63) is 66.7 Å². The summed E-state index contributed by atoms with van der Waals surface area (Å²) in [6.45, 7) is 0. The number of benzene rings is 3. The van der Waals surface area contributed by atoms with Gasteiger partial charge in [0.1, 0.15) is 22.3 Å². The number of methoxy groups -OCH3 is 4. The molecule has 0 saturated carbocycles. The smallest absolute Gasteiger partial charge is 0.234 e. The van der Waals surface area contributed by atoms with Crippen molar-refractivity contribution in [2.24, 2.45) is 0 Å². The quantitative estimate of drug-likeness (QED) is 0.275. The molecule has 3 aromatic carbocycles. The molecule has 0 unspecified atom stereocenters. The SMILES string of the molecule is COc1ccc(-c2[nH]c(-c3cccc(OC)c3)nc2SCC(=O)Nc2ccc(OC)c(OC)c2)cc1. The number of amides is 1. The largest absolute Gasteiger partial charge is 0.497 e. The molecule has 186 valence electrons. The monoisotopic (exact) mass is 505 g/mol. The number of thioether (sulfide) groups is 1. The summed E-state index contributed by atoms with van der Waals surface area (Å²) in [5.74, 6) is 3.31. The van der Waals surface area contributed by atoms with E-state index in [1.807, 2.05) is 48.5 Å². The van der Waals surface area contributed by atoms with Gasteiger partial charge in [-0.15, -0.1) is 0 Å². The van der Waals surface area contributed by atoms with Crippen LogP contribution in [0.25, 0.3) is 22.6 Å². The van der Waals surface area contributed by atoms with Gasteiger partial charge in [-0.05, 0) is 48.5 Å². The summed E-state index contributed by atoms with van der Waals surface area (Å²) < 4.78 is 21.2. The Balaban J connectivity index is 1.57. The zero-order chi connectivity index (χ0) is 25.5. The second-order valence-corrected chi connectivity index (χ2v) is 8.60. The van der Waals surface area contributed by atoms with Crippen LogP contribution in [-0.4, -0.2) is 50.1 Å². The third-order valence-electron chi connectivity index (χ3n) is 5.40. The van der Waals surface area contributed by atoms with Crippen molar-refractivity contribution in [2.45, 2.75) is 5.03 Å². The molecule has 4 aromatic rings. The lowest BCUT2D eigenvalue weighted by atomic mass is 10.1. The molecule has 4 rings (SSSR count). The summed E-state index contributed by atoms with van der Waals surface area (Å²) in [6.07, 6.45) is 0. The number of aromatic nitrogens is 2. The summed E-state index contributed by atoms with van der Waals surface area (Å²) in [7, 11) is 6.38. The van der Waals surface area contributed by atoms with Crippen molar-refractivity contribution in [3.8, 4) is 45.6 Å². The van der Waals surface area contributed by atoms with E-state index in [0.29, 0.717) is 28.0 Å². The third kappa shape index (κ3) is 5.75. The molecule has 0 aliphatic heterocycles. The van der Waals surface area contributed by atoms with E-state index in [-0.39, 0.29) is 11.7 Å². The van der Waals surface area contributed by atoms with Crippen LogP contribution < -0.4 is 24.3 Å². The van der Waals surface area contributed by atoms with Crippen LogP contribution in [0.2, 0.25) is 0 Å². The Labute approximate surface area is 214 Å². The second kappa shape index (κ2) is 11.5. The zero-order valence-corrected chi connectivity index (χ0v) is 21.3. The lowest BCUT2D eigenvalue weighted by molar-refractivity contribution is -0.113. The molecule has 9 heteroatoms. The fourth-order valence-electron chi connectivity index (χ4n) is 3.57. The molecular weight excluding hydrogens is 478 g/mol. The highest BCUT2D eigenvalue weighted by Gasteiger charge is 2.17. The minimum absolute atomic E-state index is 0.167. The number of carbonyl (C=O) groups is 1. The van der Waals surface area contributed by atoms with Gasteiger partial charge < -0.3 is 29.2 Å². The Morgan fingerprint density at radius 2 is 1.58 bits per heavy atom. The summed E-state index contributed by atoms with van der Waals surface area (Å²) in [5.41, 5.74) is 3.25. The molecular formula is C27H27N3O5S. The van der Waals surface area contributed by atoms with E-state index in [0.717, 1.165) is 28.3 Å². The minimum atomic E-state index is -0.168. The number of nitrogens with one attached hydrogen (secondary N) is 2. The highest BCUT2D eigenvalue weighted by molar-refractivity contribution is 8.00. The van der Waals surface area contributed by atoms with Gasteiger partial charge in [0, 0.05) is 22.9 Å². The van der Waals surface area contributed by atoms with Crippen molar-refractivity contribution < 1.29 is 23.7 Å². The fourth-order valence-corrected chi connectivity index (χ4v) is 4.38. The first kappa shape index (κ1) is 25.0. The molecule has 0 radical (unpaired) electrons. The van der Waals surface area contributed by atoms with Crippen LogP contribution >= 0.6 is 11.8 Å². The van der Waals surface area contributed by atoms with Crippen LogP contribution in [0.15, 0.2) is 71.8 Å². The van der Waals surface area contributed by atoms with E-state index in [4.69, 9.17) is 23.9 Å². The van der Waals surface area contributed by atoms with E-state index >= 15 is 0 Å². The Kier molecular flexibility index (Phi) is 8.02. The van der Waals surface area contributed by atoms with Crippen LogP contribution in [0.1, 0.15) is 0 Å². The predicted molar refractivity (Wildman–Crippen MR) is 141 cm³/mol. The van der Waals surface area contributed by atoms with Gasteiger partial charge in [-0.2, -0.15) is 0 Å². The molecule has 2 N–H and O–H groups in total. The first-order valence-corrected chi connectivity index (χ1v) is 12.1. The number of hydrogen-bond acceptors (Lipinski definition) is 7. The Morgan fingerprint density at radius 1 is 0.833 bits per heavy atom. The number of rotatable bonds is 10. The Morgan fingerprint density at radius 3 is 2.28 bits per heavy atom. The van der Waals surface area contributed by atoms with Crippen LogP contribution in [0, 0.1) is 0 Å². The van der Waals surface area contributed by atoms with Gasteiger partial charge in [0.2, 0.25) is 5.91 Å². The molecule has 0 spiro atoms. The second-order valence-electron chi connectivity index (χ2n) is 7.63. The van der Waals surface area contributed by atoms with Gasteiger partial charge in [-0.25, -0.2) is 4.98 Å². The summed E-state index contributed by atoms with van der Waals surface area (Å²) in [6, 6.07) is 20.6. The number of H-pyrrole nitrogens is 1. The van der Waals surface area contributed by atoms with E-state index < -0.39 is 0 Å². The van der Waals surface area contributed by atoms with Gasteiger partial charge in [-0.3, -0.25) is 4.79 Å². The summed E-state index contributed by atoms with van der Waals surface area (Å²) in [5, 5.41) is 3.61. The van der Waals surface area contributed by atoms with Crippen LogP contribution in [0.5, 0.6) is 23.0 Å². The maximum absolute atomic E-state index is 12.8. The Hall–Kier alpha value is -4.11. The van der Waals surface area contributed by atoms with Crippen molar-refractivity contribution in [3.63, 3.8) is 0 Å². The summed E-state index contributed by atoms with van der Waals surface area (Å²) >= 11 is 1.35. The van der Waals surface area contributed by atoms with Crippen molar-refractivity contribution in [2.75, 3.05) is 39.5 Å². The lowest BCUT2D eigenvalue weighted by Crippen LogP contribution is -2.14. The maximum atomic E-state index is 12.8. The normalized spacial score (nSPS) is 10.6. The molecule has 0 saturated heterocycles. The average Bonchev–Trinajstić information content (AvgIpc) is 3.36. The number of anilines is 1. The fraction of sp³-hybridized carbons (Fsp3) is 0.185. The van der Waals surface area contributed by atoms with Gasteiger partial charge in [0.05, 0.1) is 39.9 Å². The molecule has 8 nitrogen and oxygen atoms in total. The molecule has 36 heavy (non-hydrogen) atoms. The first-order chi connectivity index (χ1) is 17.5. The molecule has 1 heterocycles. The van der Waals surface area contributed by atoms with Crippen molar-refractivity contribution in [1.82, 2.24) is 9.97 Å². The first-order valence-electron chi connectivity index (χ1n) is 11.1. The standard InChI is InChI=1S/C27H27N3O5S/c1-32-20-11-8-17(9-12-20)25-27(30-26(29-25)18-6-5-7-21(14-18)33-2)36-16-24(31)28-19-10-13-22(34-3)23(15-19)35-4/h5-15H,16H2,1-4H3,(H,28,31)(H,29,30). The highest BCUT2D eigenvalue weighted by Crippen LogP contribution is 2.34. The number of aromatic amines is 1. The molecule has 0 bridgehead atoms. The van der Waals surface area contributed by atoms with E-state index in [2.05, 4.69) is 10.3 Å². The van der Waals surface area contributed by atoms with E-state index in [1.165, 1.54) is 11.8 Å².